The quantitative estimate of drug-likeness (QED) is 0.531. The molecule has 1 fully saturated rings. The number of hydrogen-bond acceptors (Lipinski definition) is 4. The van der Waals surface area contributed by atoms with Gasteiger partial charge in [-0.2, -0.15) is 0 Å². The summed E-state index contributed by atoms with van der Waals surface area (Å²) in [5.41, 5.74) is -1.74. The van der Waals surface area contributed by atoms with Gasteiger partial charge in [-0.25, -0.2) is 0 Å². The van der Waals surface area contributed by atoms with Crippen LogP contribution in [-0.4, -0.2) is 44.3 Å². The topological polar surface area (TPSA) is 80.9 Å². The maximum Gasteiger partial charge on any atom is 0.109 e. The molecule has 1 rings (SSSR count). The molecule has 4 N–H and O–H groups in total. The van der Waals surface area contributed by atoms with Crippen LogP contribution in [0.25, 0.3) is 0 Å². The van der Waals surface area contributed by atoms with Gasteiger partial charge < -0.3 is 20.4 Å². The van der Waals surface area contributed by atoms with Crippen molar-refractivity contribution in [3.63, 3.8) is 0 Å². The zero-order chi connectivity index (χ0) is 13.4. The molecule has 0 aliphatic heterocycles. The molecule has 0 heterocycles. The first kappa shape index (κ1) is 14.6. The molecule has 0 unspecified atom stereocenters. The Morgan fingerprint density at radius 3 is 2.24 bits per heavy atom. The van der Waals surface area contributed by atoms with Gasteiger partial charge in [-0.05, 0) is 25.7 Å². The highest BCUT2D eigenvalue weighted by Crippen LogP contribution is 2.47. The van der Waals surface area contributed by atoms with Crippen LogP contribution < -0.4 is 0 Å². The van der Waals surface area contributed by atoms with Crippen molar-refractivity contribution >= 4 is 0 Å². The van der Waals surface area contributed by atoms with Gasteiger partial charge in [0.2, 0.25) is 0 Å². The average molecular weight is 244 g/mol. The largest absolute Gasteiger partial charge is 0.390 e. The van der Waals surface area contributed by atoms with Crippen LogP contribution in [0.4, 0.5) is 0 Å². The molecule has 0 aromatic carbocycles. The van der Waals surface area contributed by atoms with Crippen molar-refractivity contribution in [1.29, 1.82) is 0 Å². The molecule has 5 atom stereocenters. The molecular formula is C13H24O4. The van der Waals surface area contributed by atoms with Crippen molar-refractivity contribution < 1.29 is 20.4 Å². The van der Waals surface area contributed by atoms with E-state index in [-0.39, 0.29) is 11.3 Å². The minimum absolute atomic E-state index is 0.317. The lowest BCUT2D eigenvalue weighted by atomic mass is 9.59. The van der Waals surface area contributed by atoms with E-state index in [0.717, 1.165) is 0 Å². The summed E-state index contributed by atoms with van der Waals surface area (Å²) >= 11 is 0. The van der Waals surface area contributed by atoms with Gasteiger partial charge in [0.05, 0.1) is 17.8 Å². The summed E-state index contributed by atoms with van der Waals surface area (Å²) in [6.45, 7) is 7.03. The summed E-state index contributed by atoms with van der Waals surface area (Å²) in [7, 11) is 0. The van der Waals surface area contributed by atoms with Crippen molar-refractivity contribution in [1.82, 2.24) is 0 Å². The molecule has 0 aromatic rings. The fourth-order valence-corrected chi connectivity index (χ4v) is 2.87. The lowest BCUT2D eigenvalue weighted by Gasteiger charge is -2.51. The molecule has 1 aliphatic carbocycles. The SMILES string of the molecule is C[C@@H](O)C=C[C@@H]1C(C)(C)C[C@@H](O)[C@H](O)[C@@]1(C)O. The molecule has 1 aliphatic rings. The van der Waals surface area contributed by atoms with E-state index < -0.39 is 23.9 Å². The Balaban J connectivity index is 3.04. The lowest BCUT2D eigenvalue weighted by molar-refractivity contribution is -0.193. The molecule has 0 bridgehead atoms. The van der Waals surface area contributed by atoms with Crippen molar-refractivity contribution in [2.45, 2.75) is 58.0 Å². The third-order valence-electron chi connectivity index (χ3n) is 3.75. The first-order chi connectivity index (χ1) is 7.59. The number of rotatable bonds is 2. The summed E-state index contributed by atoms with van der Waals surface area (Å²) in [5.74, 6) is -0.317. The Kier molecular flexibility index (Phi) is 4.04. The second kappa shape index (κ2) is 4.69. The first-order valence-electron chi connectivity index (χ1n) is 6.04. The van der Waals surface area contributed by atoms with E-state index >= 15 is 0 Å². The molecule has 1 saturated carbocycles. The number of hydrogen-bond donors (Lipinski definition) is 4. The molecule has 4 nitrogen and oxygen atoms in total. The minimum Gasteiger partial charge on any atom is -0.390 e. The minimum atomic E-state index is -1.40. The van der Waals surface area contributed by atoms with Gasteiger partial charge in [0.25, 0.3) is 0 Å². The molecular weight excluding hydrogens is 220 g/mol. The summed E-state index contributed by atoms with van der Waals surface area (Å²) in [5, 5.41) is 39.3. The van der Waals surface area contributed by atoms with Gasteiger partial charge in [-0.15, -0.1) is 0 Å². The van der Waals surface area contributed by atoms with Gasteiger partial charge in [0.15, 0.2) is 0 Å². The van der Waals surface area contributed by atoms with E-state index in [2.05, 4.69) is 0 Å². The van der Waals surface area contributed by atoms with Crippen LogP contribution in [0.1, 0.15) is 34.1 Å². The predicted molar refractivity (Wildman–Crippen MR) is 65.3 cm³/mol. The van der Waals surface area contributed by atoms with Gasteiger partial charge in [0.1, 0.15) is 6.10 Å². The zero-order valence-corrected chi connectivity index (χ0v) is 11.0. The number of aliphatic hydroxyl groups excluding tert-OH is 3. The Morgan fingerprint density at radius 1 is 1.24 bits per heavy atom. The second-order valence-electron chi connectivity index (χ2n) is 6.03. The summed E-state index contributed by atoms with van der Waals surface area (Å²) < 4.78 is 0. The second-order valence-corrected chi connectivity index (χ2v) is 6.03. The van der Waals surface area contributed by atoms with Gasteiger partial charge in [-0.1, -0.05) is 26.0 Å². The van der Waals surface area contributed by atoms with E-state index in [4.69, 9.17) is 0 Å². The van der Waals surface area contributed by atoms with E-state index in [1.807, 2.05) is 13.8 Å². The van der Waals surface area contributed by atoms with Gasteiger partial charge in [0, 0.05) is 5.92 Å². The Hall–Kier alpha value is -0.420. The van der Waals surface area contributed by atoms with E-state index in [1.165, 1.54) is 6.92 Å². The van der Waals surface area contributed by atoms with Gasteiger partial charge in [-0.3, -0.25) is 0 Å². The Bertz CT molecular complexity index is 294. The van der Waals surface area contributed by atoms with Gasteiger partial charge >= 0.3 is 0 Å². The Labute approximate surface area is 103 Å². The third-order valence-corrected chi connectivity index (χ3v) is 3.75. The van der Waals surface area contributed by atoms with E-state index in [0.29, 0.717) is 6.42 Å². The fourth-order valence-electron chi connectivity index (χ4n) is 2.87. The zero-order valence-electron chi connectivity index (χ0n) is 11.0. The highest BCUT2D eigenvalue weighted by Gasteiger charge is 2.53. The normalized spacial score (nSPS) is 43.9. The smallest absolute Gasteiger partial charge is 0.109 e. The molecule has 0 saturated heterocycles. The maximum absolute atomic E-state index is 10.4. The van der Waals surface area contributed by atoms with Crippen molar-refractivity contribution in [2.75, 3.05) is 0 Å². The molecule has 0 spiro atoms. The monoisotopic (exact) mass is 244 g/mol. The third kappa shape index (κ3) is 2.88. The Morgan fingerprint density at radius 2 is 1.76 bits per heavy atom. The molecule has 0 aromatic heterocycles. The predicted octanol–water partition coefficient (Wildman–Crippen LogP) is 0.442. The van der Waals surface area contributed by atoms with Crippen LogP contribution >= 0.6 is 0 Å². The number of aliphatic hydroxyl groups is 4. The maximum atomic E-state index is 10.4. The average Bonchev–Trinajstić information content (AvgIpc) is 2.12. The highest BCUT2D eigenvalue weighted by atomic mass is 16.4. The van der Waals surface area contributed by atoms with Crippen LogP contribution in [-0.2, 0) is 0 Å². The van der Waals surface area contributed by atoms with E-state index in [9.17, 15) is 20.4 Å². The van der Waals surface area contributed by atoms with Crippen LogP contribution in [0.15, 0.2) is 12.2 Å². The van der Waals surface area contributed by atoms with Crippen molar-refractivity contribution in [3.05, 3.63) is 12.2 Å². The van der Waals surface area contributed by atoms with E-state index in [1.54, 1.807) is 19.1 Å². The van der Waals surface area contributed by atoms with Crippen LogP contribution in [0.3, 0.4) is 0 Å². The highest BCUT2D eigenvalue weighted by molar-refractivity contribution is 5.12. The summed E-state index contributed by atoms with van der Waals surface area (Å²) in [6, 6.07) is 0. The van der Waals surface area contributed by atoms with Crippen LogP contribution in [0.2, 0.25) is 0 Å². The summed E-state index contributed by atoms with van der Waals surface area (Å²) in [6.07, 6.45) is 1.07. The fraction of sp³-hybridized carbons (Fsp3) is 0.846. The first-order valence-corrected chi connectivity index (χ1v) is 6.04. The van der Waals surface area contributed by atoms with Crippen LogP contribution in [0.5, 0.6) is 0 Å². The molecule has 0 radical (unpaired) electrons. The lowest BCUT2D eigenvalue weighted by Crippen LogP contribution is -2.60. The molecule has 17 heavy (non-hydrogen) atoms. The van der Waals surface area contributed by atoms with Crippen molar-refractivity contribution in [2.24, 2.45) is 11.3 Å². The standard InChI is InChI=1S/C13H24O4/c1-8(14)5-6-10-12(2,3)7-9(15)11(16)13(10,4)17/h5-6,8-11,14-17H,7H2,1-4H3/t8-,9-,10-,11+,13+/m1/s1. The molecule has 0 amide bonds. The summed E-state index contributed by atoms with van der Waals surface area (Å²) in [4.78, 5) is 0. The van der Waals surface area contributed by atoms with Crippen molar-refractivity contribution in [3.8, 4) is 0 Å². The van der Waals surface area contributed by atoms with Crippen LogP contribution in [0, 0.1) is 11.3 Å². The molecule has 4 heteroatoms. The molecule has 100 valence electrons.